The molecule has 0 bridgehead atoms. The molecule has 2 aromatic heterocycles. The fraction of sp³-hybridized carbons (Fsp3) is 0.577. The molecule has 2 N–H and O–H groups in total. The molecule has 4 unspecified atom stereocenters. The standard InChI is InChI=1S/C52H74N2O14Si3/c1-49(2)25-35(27-51(5,29-49)31-53-47(59)63-39-17-13-37-15-19-43(55)65-41(37)23-39)21-45(57)61-33-69(7,8)67-71(11,12)68-70(9,10)34-62-46(58)22-36-26-50(3,4)30-52(6,28-36)32-54-48(60)64-40-18-14-38-16-20-44(56)66-42(38)24-40/h13-20,23-24,35-36H,21-22,25-34H2,1-12H3,(H,53,59)(H,54,60). The highest BCUT2D eigenvalue weighted by Crippen LogP contribution is 2.50. The van der Waals surface area contributed by atoms with Crippen molar-refractivity contribution in [3.8, 4) is 11.5 Å². The van der Waals surface area contributed by atoms with Crippen LogP contribution in [0.1, 0.15) is 92.9 Å². The number of amides is 2. The number of carbonyl (C=O) groups is 4. The molecule has 2 heterocycles. The second-order valence-corrected chi connectivity index (χ2v) is 36.1. The average Bonchev–Trinajstić information content (AvgIpc) is 3.21. The number of benzene rings is 2. The predicted octanol–water partition coefficient (Wildman–Crippen LogP) is 10.5. The molecule has 2 fully saturated rings. The summed E-state index contributed by atoms with van der Waals surface area (Å²) in [5, 5.41) is 7.26. The number of carbonyl (C=O) groups excluding carboxylic acids is 4. The Hall–Kier alpha value is -5.09. The molecule has 16 nitrogen and oxygen atoms in total. The van der Waals surface area contributed by atoms with Crippen molar-refractivity contribution in [3.05, 3.63) is 81.5 Å². The monoisotopic (exact) mass is 1030 g/mol. The van der Waals surface area contributed by atoms with Crippen molar-refractivity contribution < 1.29 is 55.2 Å². The number of rotatable bonds is 18. The van der Waals surface area contributed by atoms with Gasteiger partial charge in [0.15, 0.2) is 0 Å². The van der Waals surface area contributed by atoms with E-state index in [1.54, 1.807) is 36.4 Å². The van der Waals surface area contributed by atoms with Gasteiger partial charge in [-0.05, 0) is 148 Å². The fourth-order valence-corrected chi connectivity index (χ4v) is 24.5. The van der Waals surface area contributed by atoms with E-state index in [1.807, 2.05) is 39.3 Å². The van der Waals surface area contributed by atoms with Gasteiger partial charge in [0.2, 0.25) is 16.6 Å². The van der Waals surface area contributed by atoms with E-state index in [0.29, 0.717) is 35.0 Å². The van der Waals surface area contributed by atoms with Gasteiger partial charge in [0.25, 0.3) is 0 Å². The molecule has 6 rings (SSSR count). The van der Waals surface area contributed by atoms with Gasteiger partial charge in [-0.3, -0.25) is 9.59 Å². The molecular formula is C52H74N2O14Si3. The number of hydrogen-bond donors (Lipinski definition) is 2. The van der Waals surface area contributed by atoms with Crippen LogP contribution in [0.25, 0.3) is 21.9 Å². The van der Waals surface area contributed by atoms with Crippen LogP contribution in [0.15, 0.2) is 79.1 Å². The molecule has 2 amide bonds. The summed E-state index contributed by atoms with van der Waals surface area (Å²) in [4.78, 5) is 75.9. The third kappa shape index (κ3) is 17.0. The van der Waals surface area contributed by atoms with Gasteiger partial charge in [-0.25, -0.2) is 19.2 Å². The highest BCUT2D eigenvalue weighted by atomic mass is 28.5. The third-order valence-corrected chi connectivity index (χ3v) is 23.1. The third-order valence-electron chi connectivity index (χ3n) is 13.1. The van der Waals surface area contributed by atoms with Crippen molar-refractivity contribution in [1.82, 2.24) is 10.6 Å². The number of hydrogen-bond acceptors (Lipinski definition) is 14. The molecule has 0 saturated heterocycles. The molecule has 2 aliphatic carbocycles. The van der Waals surface area contributed by atoms with Crippen molar-refractivity contribution in [3.63, 3.8) is 0 Å². The second-order valence-electron chi connectivity index (χ2n) is 24.1. The molecule has 71 heavy (non-hydrogen) atoms. The summed E-state index contributed by atoms with van der Waals surface area (Å²) < 4.78 is 46.7. The minimum absolute atomic E-state index is 0.0466. The lowest BCUT2D eigenvalue weighted by Gasteiger charge is -2.46. The maximum atomic E-state index is 13.4. The Morgan fingerprint density at radius 1 is 0.563 bits per heavy atom. The number of fused-ring (bicyclic) bond motifs is 2. The second kappa shape index (κ2) is 21.6. The fourth-order valence-electron chi connectivity index (χ4n) is 11.8. The summed E-state index contributed by atoms with van der Waals surface area (Å²) in [6, 6.07) is 15.7. The van der Waals surface area contributed by atoms with Crippen molar-refractivity contribution in [2.75, 3.05) is 25.5 Å². The van der Waals surface area contributed by atoms with E-state index in [4.69, 9.17) is 36.0 Å². The lowest BCUT2D eigenvalue weighted by Crippen LogP contribution is -2.55. The summed E-state index contributed by atoms with van der Waals surface area (Å²) >= 11 is 0. The van der Waals surface area contributed by atoms with E-state index in [0.717, 1.165) is 38.5 Å². The van der Waals surface area contributed by atoms with Crippen LogP contribution in [0.3, 0.4) is 0 Å². The van der Waals surface area contributed by atoms with Crippen LogP contribution in [0.4, 0.5) is 9.59 Å². The van der Waals surface area contributed by atoms with Crippen LogP contribution in [-0.2, 0) is 27.3 Å². The highest BCUT2D eigenvalue weighted by molar-refractivity contribution is 6.87. The Morgan fingerprint density at radius 2 is 0.930 bits per heavy atom. The van der Waals surface area contributed by atoms with E-state index in [1.165, 1.54) is 24.3 Å². The van der Waals surface area contributed by atoms with E-state index >= 15 is 0 Å². The van der Waals surface area contributed by atoms with E-state index in [9.17, 15) is 28.8 Å². The molecule has 2 saturated carbocycles. The molecule has 0 spiro atoms. The maximum absolute atomic E-state index is 13.4. The summed E-state index contributed by atoms with van der Waals surface area (Å²) in [6.07, 6.45) is 4.40. The Balaban J connectivity index is 0.919. The number of ether oxygens (including phenoxy) is 4. The largest absolute Gasteiger partial charge is 0.466 e. The van der Waals surface area contributed by atoms with Gasteiger partial charge in [-0.15, -0.1) is 0 Å². The topological polar surface area (TPSA) is 208 Å². The maximum Gasteiger partial charge on any atom is 0.412 e. The van der Waals surface area contributed by atoms with Gasteiger partial charge in [0.05, 0.1) is 0 Å². The van der Waals surface area contributed by atoms with Crippen molar-refractivity contribution in [2.24, 2.45) is 33.5 Å². The zero-order chi connectivity index (χ0) is 52.2. The molecule has 2 aliphatic rings. The average molecular weight is 1040 g/mol. The molecule has 2 aromatic carbocycles. The first-order valence-corrected chi connectivity index (χ1v) is 33.6. The zero-order valence-corrected chi connectivity index (χ0v) is 46.6. The number of nitrogens with one attached hydrogen (secondary N) is 2. The number of esters is 2. The van der Waals surface area contributed by atoms with Crippen molar-refractivity contribution in [1.29, 1.82) is 0 Å². The minimum atomic E-state index is -2.78. The van der Waals surface area contributed by atoms with Crippen LogP contribution < -0.4 is 31.4 Å². The van der Waals surface area contributed by atoms with E-state index in [-0.39, 0.29) is 82.2 Å². The Kier molecular flexibility index (Phi) is 16.8. The molecular weight excluding hydrogens is 961 g/mol. The van der Waals surface area contributed by atoms with Crippen LogP contribution in [-0.4, -0.2) is 74.9 Å². The van der Waals surface area contributed by atoms with Gasteiger partial charge in [0.1, 0.15) is 35.1 Å². The van der Waals surface area contributed by atoms with Gasteiger partial charge in [-0.1, -0.05) is 41.5 Å². The van der Waals surface area contributed by atoms with Crippen LogP contribution in [0, 0.1) is 33.5 Å². The van der Waals surface area contributed by atoms with Crippen LogP contribution in [0.5, 0.6) is 11.5 Å². The Bertz CT molecular complexity index is 2530. The van der Waals surface area contributed by atoms with E-state index < -0.39 is 48.6 Å². The summed E-state index contributed by atoms with van der Waals surface area (Å²) in [6.45, 7) is 25.7. The highest BCUT2D eigenvalue weighted by Gasteiger charge is 2.45. The van der Waals surface area contributed by atoms with Gasteiger partial charge in [-0.2, -0.15) is 0 Å². The molecule has 0 aliphatic heterocycles. The summed E-state index contributed by atoms with van der Waals surface area (Å²) in [5.74, 6) is 0.0384. The Morgan fingerprint density at radius 3 is 1.31 bits per heavy atom. The molecule has 4 atom stereocenters. The van der Waals surface area contributed by atoms with Crippen LogP contribution >= 0.6 is 0 Å². The molecule has 388 valence electrons. The van der Waals surface area contributed by atoms with Crippen molar-refractivity contribution >= 4 is 71.3 Å². The SMILES string of the molecule is CC1(C)CC(CC(=O)OC[Si](C)(C)O[Si](C)(C)O[Si](C)(C)COC(=O)CC2CC(C)(C)CC(C)(CNC(=O)Oc3ccc4ccc(=O)oc4c3)C2)CC(C)(CNC(=O)Oc2ccc3ccc(=O)oc3c2)C1. The lowest BCUT2D eigenvalue weighted by atomic mass is 9.60. The summed E-state index contributed by atoms with van der Waals surface area (Å²) in [5.41, 5.74) is -1.08. The summed E-state index contributed by atoms with van der Waals surface area (Å²) in [7, 11) is -7.92. The predicted molar refractivity (Wildman–Crippen MR) is 277 cm³/mol. The zero-order valence-electron chi connectivity index (χ0n) is 43.6. The smallest absolute Gasteiger partial charge is 0.412 e. The van der Waals surface area contributed by atoms with Crippen LogP contribution in [0.2, 0.25) is 39.3 Å². The molecule has 0 radical (unpaired) electrons. The Labute approximate surface area is 419 Å². The van der Waals surface area contributed by atoms with Gasteiger partial charge < -0.3 is 46.6 Å². The first-order valence-electron chi connectivity index (χ1n) is 24.6. The van der Waals surface area contributed by atoms with E-state index in [2.05, 4.69) is 52.2 Å². The molecule has 19 heteroatoms. The van der Waals surface area contributed by atoms with Gasteiger partial charge >= 0.3 is 43.9 Å². The first-order chi connectivity index (χ1) is 32.9. The quantitative estimate of drug-likeness (QED) is 0.0540. The normalized spacial score (nSPS) is 22.3. The molecule has 4 aromatic rings. The lowest BCUT2D eigenvalue weighted by molar-refractivity contribution is -0.145. The van der Waals surface area contributed by atoms with Crippen molar-refractivity contribution in [2.45, 2.75) is 132 Å². The minimum Gasteiger partial charge on any atom is -0.466 e. The first kappa shape index (κ1) is 55.2. The van der Waals surface area contributed by atoms with Gasteiger partial charge in [0, 0.05) is 61.0 Å².